The Bertz CT molecular complexity index is 858. The van der Waals surface area contributed by atoms with E-state index in [4.69, 9.17) is 4.74 Å². The molecule has 1 N–H and O–H groups in total. The predicted molar refractivity (Wildman–Crippen MR) is 124 cm³/mol. The Morgan fingerprint density at radius 3 is 2.57 bits per heavy atom. The van der Waals surface area contributed by atoms with Crippen molar-refractivity contribution >= 4 is 33.4 Å². The molecule has 1 aromatic rings. The van der Waals surface area contributed by atoms with Crippen LogP contribution >= 0.6 is 11.8 Å². The molecule has 0 spiro atoms. The van der Waals surface area contributed by atoms with Gasteiger partial charge < -0.3 is 10.1 Å². The standard InChI is InChI=1S/C22H34N2O4S2/c1-22(2,3)16-10-11-19-18(14-16)24(30(4,26)27)15-20(28-19)21(25)23-12-13-29-17-8-6-5-7-9-17/h10-11,14,17,20H,5-9,12-13,15H2,1-4H3,(H,23,25). The molecule has 2 aliphatic rings. The van der Waals surface area contributed by atoms with Gasteiger partial charge in [-0.25, -0.2) is 8.42 Å². The molecular weight excluding hydrogens is 420 g/mol. The van der Waals surface area contributed by atoms with Crippen LogP contribution in [0.1, 0.15) is 58.4 Å². The number of hydrogen-bond donors (Lipinski definition) is 1. The Labute approximate surface area is 185 Å². The zero-order valence-corrected chi connectivity index (χ0v) is 20.1. The van der Waals surface area contributed by atoms with Crippen LogP contribution in [0.25, 0.3) is 0 Å². The summed E-state index contributed by atoms with van der Waals surface area (Å²) in [6.45, 7) is 6.77. The first kappa shape index (κ1) is 23.3. The van der Waals surface area contributed by atoms with Gasteiger partial charge in [-0.1, -0.05) is 46.1 Å². The van der Waals surface area contributed by atoms with E-state index in [2.05, 4.69) is 26.1 Å². The molecule has 1 fully saturated rings. The van der Waals surface area contributed by atoms with Crippen LogP contribution in [0.4, 0.5) is 5.69 Å². The summed E-state index contributed by atoms with van der Waals surface area (Å²) in [6, 6.07) is 5.55. The van der Waals surface area contributed by atoms with Crippen molar-refractivity contribution in [2.45, 2.75) is 69.6 Å². The van der Waals surface area contributed by atoms with Gasteiger partial charge in [-0.3, -0.25) is 9.10 Å². The van der Waals surface area contributed by atoms with Gasteiger partial charge in [0.05, 0.1) is 18.5 Å². The van der Waals surface area contributed by atoms with E-state index in [9.17, 15) is 13.2 Å². The number of thioether (sulfide) groups is 1. The first-order valence-electron chi connectivity index (χ1n) is 10.7. The summed E-state index contributed by atoms with van der Waals surface area (Å²) in [5.41, 5.74) is 1.39. The van der Waals surface area contributed by atoms with Gasteiger partial charge in [-0.15, -0.1) is 0 Å². The third-order valence-corrected chi connectivity index (χ3v) is 8.22. The van der Waals surface area contributed by atoms with Gasteiger partial charge in [0.25, 0.3) is 5.91 Å². The minimum Gasteiger partial charge on any atom is -0.476 e. The Morgan fingerprint density at radius 1 is 1.23 bits per heavy atom. The second-order valence-electron chi connectivity index (χ2n) is 9.25. The predicted octanol–water partition coefficient (Wildman–Crippen LogP) is 3.69. The quantitative estimate of drug-likeness (QED) is 0.664. The Kier molecular flexibility index (Phi) is 7.28. The Morgan fingerprint density at radius 2 is 1.93 bits per heavy atom. The fourth-order valence-electron chi connectivity index (χ4n) is 3.91. The summed E-state index contributed by atoms with van der Waals surface area (Å²) in [5.74, 6) is 1.03. The Hall–Kier alpha value is -1.41. The summed E-state index contributed by atoms with van der Waals surface area (Å²) in [7, 11) is -3.54. The van der Waals surface area contributed by atoms with Crippen LogP contribution < -0.4 is 14.4 Å². The summed E-state index contributed by atoms with van der Waals surface area (Å²) < 4.78 is 32.1. The number of carbonyl (C=O) groups excluding carboxylic acids is 1. The van der Waals surface area contributed by atoms with Gasteiger partial charge >= 0.3 is 0 Å². The summed E-state index contributed by atoms with van der Waals surface area (Å²) in [5, 5.41) is 3.62. The maximum Gasteiger partial charge on any atom is 0.263 e. The van der Waals surface area contributed by atoms with Crippen molar-refractivity contribution in [1.82, 2.24) is 5.32 Å². The van der Waals surface area contributed by atoms with Crippen molar-refractivity contribution in [3.05, 3.63) is 23.8 Å². The number of sulfonamides is 1. The number of carbonyl (C=O) groups is 1. The fraction of sp³-hybridized carbons (Fsp3) is 0.682. The highest BCUT2D eigenvalue weighted by Gasteiger charge is 2.35. The second kappa shape index (κ2) is 9.39. The zero-order chi connectivity index (χ0) is 21.9. The van der Waals surface area contributed by atoms with Crippen LogP contribution in [0, 0.1) is 0 Å². The van der Waals surface area contributed by atoms with E-state index < -0.39 is 16.1 Å². The molecule has 3 rings (SSSR count). The van der Waals surface area contributed by atoms with E-state index in [1.165, 1.54) is 42.7 Å². The third-order valence-electron chi connectivity index (χ3n) is 5.69. The van der Waals surface area contributed by atoms with E-state index in [-0.39, 0.29) is 17.9 Å². The molecule has 1 saturated carbocycles. The minimum absolute atomic E-state index is 0.0129. The molecule has 0 bridgehead atoms. The molecule has 0 radical (unpaired) electrons. The van der Waals surface area contributed by atoms with Crippen molar-refractivity contribution < 1.29 is 17.9 Å². The SMILES string of the molecule is CC(C)(C)c1ccc2c(c1)N(S(C)(=O)=O)CC(C(=O)NCCSC1CCCCC1)O2. The molecule has 1 heterocycles. The number of amides is 1. The molecule has 0 saturated heterocycles. The van der Waals surface area contributed by atoms with E-state index in [0.717, 1.165) is 11.3 Å². The molecule has 1 unspecified atom stereocenters. The molecule has 6 nitrogen and oxygen atoms in total. The van der Waals surface area contributed by atoms with Gasteiger partial charge in [0.2, 0.25) is 10.0 Å². The minimum atomic E-state index is -3.54. The van der Waals surface area contributed by atoms with Crippen molar-refractivity contribution in [3.63, 3.8) is 0 Å². The third kappa shape index (κ3) is 5.84. The van der Waals surface area contributed by atoms with Crippen molar-refractivity contribution in [3.8, 4) is 5.75 Å². The molecule has 1 amide bonds. The van der Waals surface area contributed by atoms with Crippen LogP contribution in [0.15, 0.2) is 18.2 Å². The number of ether oxygens (including phenoxy) is 1. The van der Waals surface area contributed by atoms with Crippen molar-refractivity contribution in [1.29, 1.82) is 0 Å². The molecule has 1 aromatic carbocycles. The largest absolute Gasteiger partial charge is 0.476 e. The highest BCUT2D eigenvalue weighted by Crippen LogP contribution is 2.38. The highest BCUT2D eigenvalue weighted by molar-refractivity contribution is 7.99. The van der Waals surface area contributed by atoms with Crippen LogP contribution in [-0.2, 0) is 20.2 Å². The molecule has 168 valence electrons. The average Bonchev–Trinajstić information content (AvgIpc) is 2.69. The monoisotopic (exact) mass is 454 g/mol. The summed E-state index contributed by atoms with van der Waals surface area (Å²) >= 11 is 1.92. The molecule has 30 heavy (non-hydrogen) atoms. The molecule has 1 aliphatic heterocycles. The Balaban J connectivity index is 1.65. The lowest BCUT2D eigenvalue weighted by molar-refractivity contribution is -0.127. The first-order chi connectivity index (χ1) is 14.1. The van der Waals surface area contributed by atoms with E-state index in [1.54, 1.807) is 6.07 Å². The lowest BCUT2D eigenvalue weighted by Gasteiger charge is -2.35. The van der Waals surface area contributed by atoms with Crippen molar-refractivity contribution in [2.75, 3.05) is 29.4 Å². The number of nitrogens with one attached hydrogen (secondary N) is 1. The van der Waals surface area contributed by atoms with Gasteiger partial charge in [-0.2, -0.15) is 11.8 Å². The van der Waals surface area contributed by atoms with E-state index in [1.807, 2.05) is 23.9 Å². The zero-order valence-electron chi connectivity index (χ0n) is 18.4. The summed E-state index contributed by atoms with van der Waals surface area (Å²) in [6.07, 6.45) is 6.79. The summed E-state index contributed by atoms with van der Waals surface area (Å²) in [4.78, 5) is 12.7. The molecule has 1 atom stereocenters. The van der Waals surface area contributed by atoms with Crippen LogP contribution in [-0.4, -0.2) is 50.8 Å². The molecular formula is C22H34N2O4S2. The van der Waals surface area contributed by atoms with Crippen LogP contribution in [0.2, 0.25) is 0 Å². The topological polar surface area (TPSA) is 75.7 Å². The van der Waals surface area contributed by atoms with Gasteiger partial charge in [0, 0.05) is 17.5 Å². The lowest BCUT2D eigenvalue weighted by Crippen LogP contribution is -2.50. The smallest absolute Gasteiger partial charge is 0.263 e. The number of fused-ring (bicyclic) bond motifs is 1. The van der Waals surface area contributed by atoms with Gasteiger partial charge in [-0.05, 0) is 36.0 Å². The second-order valence-corrected chi connectivity index (χ2v) is 12.6. The van der Waals surface area contributed by atoms with E-state index >= 15 is 0 Å². The normalized spacial score (nSPS) is 20.4. The maximum atomic E-state index is 12.7. The number of hydrogen-bond acceptors (Lipinski definition) is 5. The van der Waals surface area contributed by atoms with E-state index in [0.29, 0.717) is 23.2 Å². The number of anilines is 1. The van der Waals surface area contributed by atoms with Crippen molar-refractivity contribution in [2.24, 2.45) is 0 Å². The lowest BCUT2D eigenvalue weighted by atomic mass is 9.86. The van der Waals surface area contributed by atoms with Gasteiger partial charge in [0.15, 0.2) is 6.10 Å². The molecule has 8 heteroatoms. The first-order valence-corrected chi connectivity index (χ1v) is 13.6. The van der Waals surface area contributed by atoms with Gasteiger partial charge in [0.1, 0.15) is 5.75 Å². The molecule has 0 aromatic heterocycles. The molecule has 1 aliphatic carbocycles. The number of benzene rings is 1. The van der Waals surface area contributed by atoms with Crippen LogP contribution in [0.3, 0.4) is 0 Å². The van der Waals surface area contributed by atoms with Crippen LogP contribution in [0.5, 0.6) is 5.75 Å². The maximum absolute atomic E-state index is 12.7. The fourth-order valence-corrected chi connectivity index (χ4v) is 6.04. The number of nitrogens with zero attached hydrogens (tertiary/aromatic N) is 1. The number of rotatable bonds is 6. The highest BCUT2D eigenvalue weighted by atomic mass is 32.2. The average molecular weight is 455 g/mol.